The number of halogens is 1. The molecule has 18 heavy (non-hydrogen) atoms. The Kier molecular flexibility index (Phi) is 4.07. The van der Waals surface area contributed by atoms with Crippen LogP contribution < -0.4 is 5.32 Å². The van der Waals surface area contributed by atoms with E-state index in [1.807, 2.05) is 18.2 Å². The molecule has 0 radical (unpaired) electrons. The minimum absolute atomic E-state index is 0.123. The number of anilines is 1. The molecule has 0 spiro atoms. The Hall–Kier alpha value is -1.28. The summed E-state index contributed by atoms with van der Waals surface area (Å²) in [4.78, 5) is 4.64. The molecule has 0 saturated carbocycles. The van der Waals surface area contributed by atoms with Gasteiger partial charge >= 0.3 is 0 Å². The molecule has 1 aromatic heterocycles. The molecule has 1 N–H and O–H groups in total. The lowest BCUT2D eigenvalue weighted by atomic mass is 10.1. The highest BCUT2D eigenvalue weighted by Crippen LogP contribution is 2.20. The summed E-state index contributed by atoms with van der Waals surface area (Å²) in [7, 11) is 0. The molecular weight excluding hydrogens is 244 g/mol. The zero-order chi connectivity index (χ0) is 13.1. The summed E-state index contributed by atoms with van der Waals surface area (Å²) in [5, 5.41) is 4.64. The quantitative estimate of drug-likeness (QED) is 0.835. The summed E-state index contributed by atoms with van der Waals surface area (Å²) in [6.07, 6.45) is 0. The first-order valence-electron chi connectivity index (χ1n) is 6.32. The highest BCUT2D eigenvalue weighted by atomic mass is 35.5. The number of hydrogen-bond acceptors (Lipinski definition) is 2. The number of aromatic nitrogens is 1. The smallest absolute Gasteiger partial charge is 0.129 e. The molecule has 0 aliphatic heterocycles. The van der Waals surface area contributed by atoms with Crippen molar-refractivity contribution in [3.8, 4) is 0 Å². The maximum atomic E-state index is 6.25. The third kappa shape index (κ3) is 2.94. The van der Waals surface area contributed by atoms with Crippen molar-refractivity contribution in [3.05, 3.63) is 35.9 Å². The average Bonchev–Trinajstić information content (AvgIpc) is 2.35. The maximum absolute atomic E-state index is 6.25. The number of pyridine rings is 1. The van der Waals surface area contributed by atoms with E-state index >= 15 is 0 Å². The van der Waals surface area contributed by atoms with Gasteiger partial charge in [-0.2, -0.15) is 0 Å². The fraction of sp³-hybridized carbons (Fsp3) is 0.400. The lowest BCUT2D eigenvalue weighted by Gasteiger charge is -2.16. The number of rotatable bonds is 4. The van der Waals surface area contributed by atoms with Gasteiger partial charge < -0.3 is 5.32 Å². The van der Waals surface area contributed by atoms with E-state index in [0.717, 1.165) is 23.4 Å². The summed E-state index contributed by atoms with van der Waals surface area (Å²) >= 11 is 6.25. The summed E-state index contributed by atoms with van der Waals surface area (Å²) in [6, 6.07) is 10.3. The van der Waals surface area contributed by atoms with Crippen LogP contribution >= 0.6 is 11.6 Å². The van der Waals surface area contributed by atoms with E-state index in [9.17, 15) is 0 Å². The largest absolute Gasteiger partial charge is 0.368 e. The van der Waals surface area contributed by atoms with E-state index in [0.29, 0.717) is 5.92 Å². The van der Waals surface area contributed by atoms with Crippen LogP contribution in [0.2, 0.25) is 0 Å². The summed E-state index contributed by atoms with van der Waals surface area (Å²) in [5.41, 5.74) is 2.17. The van der Waals surface area contributed by atoms with Crippen molar-refractivity contribution in [2.75, 3.05) is 11.9 Å². The number of benzene rings is 1. The van der Waals surface area contributed by atoms with Crippen molar-refractivity contribution in [3.63, 3.8) is 0 Å². The third-order valence-corrected chi connectivity index (χ3v) is 3.76. The van der Waals surface area contributed by atoms with Gasteiger partial charge in [-0.05, 0) is 30.5 Å². The summed E-state index contributed by atoms with van der Waals surface area (Å²) in [5.74, 6) is 1.39. The lowest BCUT2D eigenvalue weighted by Crippen LogP contribution is -2.20. The standard InChI is InChI=1S/C15H19ClN2/c1-10(2)13(16)9-17-15-11(3)8-12-6-4-5-7-14(12)18-15/h4-8,10,13H,9H2,1-3H3,(H,17,18). The SMILES string of the molecule is Cc1cc2ccccc2nc1NCC(Cl)C(C)C. The summed E-state index contributed by atoms with van der Waals surface area (Å²) in [6.45, 7) is 7.06. The lowest BCUT2D eigenvalue weighted by molar-refractivity contribution is 0.615. The monoisotopic (exact) mass is 262 g/mol. The third-order valence-electron chi connectivity index (χ3n) is 3.10. The minimum Gasteiger partial charge on any atom is -0.368 e. The molecular formula is C15H19ClN2. The molecule has 1 heterocycles. The van der Waals surface area contributed by atoms with Crippen molar-refractivity contribution >= 4 is 28.3 Å². The number of nitrogens with one attached hydrogen (secondary N) is 1. The van der Waals surface area contributed by atoms with Crippen LogP contribution in [0.3, 0.4) is 0 Å². The Morgan fingerprint density at radius 3 is 2.72 bits per heavy atom. The van der Waals surface area contributed by atoms with Gasteiger partial charge in [0.25, 0.3) is 0 Å². The number of para-hydroxylation sites is 1. The Morgan fingerprint density at radius 1 is 1.28 bits per heavy atom. The summed E-state index contributed by atoms with van der Waals surface area (Å²) < 4.78 is 0. The fourth-order valence-electron chi connectivity index (χ4n) is 1.83. The van der Waals surface area contributed by atoms with Gasteiger partial charge in [-0.15, -0.1) is 11.6 Å². The molecule has 2 nitrogen and oxygen atoms in total. The van der Waals surface area contributed by atoms with Crippen LogP contribution in [0.5, 0.6) is 0 Å². The van der Waals surface area contributed by atoms with Gasteiger partial charge in [-0.1, -0.05) is 32.0 Å². The second-order valence-electron chi connectivity index (χ2n) is 4.99. The van der Waals surface area contributed by atoms with Crippen molar-refractivity contribution in [1.29, 1.82) is 0 Å². The van der Waals surface area contributed by atoms with Gasteiger partial charge in [0.1, 0.15) is 5.82 Å². The fourth-order valence-corrected chi connectivity index (χ4v) is 1.91. The predicted octanol–water partition coefficient (Wildman–Crippen LogP) is 4.22. The molecule has 96 valence electrons. The first kappa shape index (κ1) is 13.2. The maximum Gasteiger partial charge on any atom is 0.129 e. The van der Waals surface area contributed by atoms with Crippen LogP contribution in [0, 0.1) is 12.8 Å². The number of aryl methyl sites for hydroxylation is 1. The predicted molar refractivity (Wildman–Crippen MR) is 79.4 cm³/mol. The zero-order valence-corrected chi connectivity index (χ0v) is 11.8. The average molecular weight is 263 g/mol. The number of fused-ring (bicyclic) bond motifs is 1. The second-order valence-corrected chi connectivity index (χ2v) is 5.55. The molecule has 0 saturated heterocycles. The Labute approximate surface area is 113 Å². The molecule has 2 aromatic rings. The molecule has 0 amide bonds. The number of alkyl halides is 1. The van der Waals surface area contributed by atoms with Gasteiger partial charge in [0, 0.05) is 11.9 Å². The van der Waals surface area contributed by atoms with Crippen molar-refractivity contribution in [2.45, 2.75) is 26.1 Å². The first-order valence-corrected chi connectivity index (χ1v) is 6.76. The van der Waals surface area contributed by atoms with Gasteiger partial charge in [0.2, 0.25) is 0 Å². The van der Waals surface area contributed by atoms with Crippen LogP contribution in [-0.4, -0.2) is 16.9 Å². The molecule has 1 aromatic carbocycles. The van der Waals surface area contributed by atoms with Crippen molar-refractivity contribution < 1.29 is 0 Å². The molecule has 0 fully saturated rings. The van der Waals surface area contributed by atoms with Crippen molar-refractivity contribution in [1.82, 2.24) is 4.98 Å². The van der Waals surface area contributed by atoms with E-state index in [1.165, 1.54) is 5.39 Å². The molecule has 0 bridgehead atoms. The van der Waals surface area contributed by atoms with E-state index in [-0.39, 0.29) is 5.38 Å². The molecule has 1 atom stereocenters. The van der Waals surface area contributed by atoms with Crippen LogP contribution in [0.4, 0.5) is 5.82 Å². The zero-order valence-electron chi connectivity index (χ0n) is 11.1. The Bertz CT molecular complexity index is 537. The van der Waals surface area contributed by atoms with Crippen LogP contribution in [0.15, 0.2) is 30.3 Å². The van der Waals surface area contributed by atoms with E-state index in [1.54, 1.807) is 0 Å². The Morgan fingerprint density at radius 2 is 2.00 bits per heavy atom. The molecule has 3 heteroatoms. The van der Waals surface area contributed by atoms with Gasteiger partial charge in [0.15, 0.2) is 0 Å². The topological polar surface area (TPSA) is 24.9 Å². The normalized spacial score (nSPS) is 12.9. The van der Waals surface area contributed by atoms with Crippen LogP contribution in [0.25, 0.3) is 10.9 Å². The van der Waals surface area contributed by atoms with Gasteiger partial charge in [-0.25, -0.2) is 4.98 Å². The molecule has 0 aliphatic rings. The van der Waals surface area contributed by atoms with E-state index < -0.39 is 0 Å². The second kappa shape index (κ2) is 5.57. The highest BCUT2D eigenvalue weighted by Gasteiger charge is 2.10. The molecule has 2 rings (SSSR count). The van der Waals surface area contributed by atoms with Gasteiger partial charge in [0.05, 0.1) is 10.9 Å². The van der Waals surface area contributed by atoms with Crippen molar-refractivity contribution in [2.24, 2.45) is 5.92 Å². The highest BCUT2D eigenvalue weighted by molar-refractivity contribution is 6.21. The molecule has 1 unspecified atom stereocenters. The molecule has 0 aliphatic carbocycles. The van der Waals surface area contributed by atoms with Crippen LogP contribution in [-0.2, 0) is 0 Å². The van der Waals surface area contributed by atoms with E-state index in [2.05, 4.69) is 43.2 Å². The Balaban J connectivity index is 2.20. The first-order chi connectivity index (χ1) is 8.58. The van der Waals surface area contributed by atoms with Crippen LogP contribution in [0.1, 0.15) is 19.4 Å². The van der Waals surface area contributed by atoms with Gasteiger partial charge in [-0.3, -0.25) is 0 Å². The van der Waals surface area contributed by atoms with E-state index in [4.69, 9.17) is 11.6 Å². The number of hydrogen-bond donors (Lipinski definition) is 1. The minimum atomic E-state index is 0.123. The number of nitrogens with zero attached hydrogens (tertiary/aromatic N) is 1.